The summed E-state index contributed by atoms with van der Waals surface area (Å²) in [5.41, 5.74) is -1.62. The number of carbonyl (C=O) groups is 2. The third-order valence-corrected chi connectivity index (χ3v) is 8.92. The lowest BCUT2D eigenvalue weighted by Crippen LogP contribution is -2.56. The van der Waals surface area contributed by atoms with Crippen LogP contribution in [0.2, 0.25) is 5.02 Å². The lowest BCUT2D eigenvalue weighted by molar-refractivity contribution is -0.142. The van der Waals surface area contributed by atoms with Crippen molar-refractivity contribution < 1.29 is 22.8 Å². The smallest absolute Gasteiger partial charge is 0.356 e. The van der Waals surface area contributed by atoms with Crippen LogP contribution < -0.4 is 10.6 Å². The van der Waals surface area contributed by atoms with E-state index in [1.165, 1.54) is 11.1 Å². The van der Waals surface area contributed by atoms with Gasteiger partial charge in [-0.25, -0.2) is 0 Å². The Morgan fingerprint density at radius 1 is 1.14 bits per heavy atom. The molecule has 5 atom stereocenters. The number of amides is 2. The van der Waals surface area contributed by atoms with E-state index in [4.69, 9.17) is 11.6 Å². The van der Waals surface area contributed by atoms with Gasteiger partial charge in [-0.05, 0) is 40.9 Å². The Labute approximate surface area is 251 Å². The maximum atomic E-state index is 14.1. The number of alkyl halides is 3. The quantitative estimate of drug-likeness (QED) is 0.382. The zero-order valence-corrected chi connectivity index (χ0v) is 25.0. The number of halogens is 4. The first kappa shape index (κ1) is 30.5. The van der Waals surface area contributed by atoms with Gasteiger partial charge in [0.15, 0.2) is 5.69 Å². The van der Waals surface area contributed by atoms with E-state index in [-0.39, 0.29) is 23.1 Å². The molecule has 1 aliphatic carbocycles. The van der Waals surface area contributed by atoms with Crippen LogP contribution in [0.15, 0.2) is 42.7 Å². The molecule has 2 aromatic heterocycles. The van der Waals surface area contributed by atoms with Crippen molar-refractivity contribution in [3.63, 3.8) is 0 Å². The Balaban J connectivity index is 1.43. The highest BCUT2D eigenvalue weighted by atomic mass is 35.5. The molecule has 9 nitrogen and oxygen atoms in total. The molecule has 1 aliphatic heterocycles. The summed E-state index contributed by atoms with van der Waals surface area (Å²) >= 11 is 6.46. The number of pyridine rings is 1. The summed E-state index contributed by atoms with van der Waals surface area (Å²) in [5.74, 6) is -0.967. The van der Waals surface area contributed by atoms with Crippen molar-refractivity contribution in [3.8, 4) is 6.07 Å². The molecule has 226 valence electrons. The van der Waals surface area contributed by atoms with Crippen LogP contribution in [0.1, 0.15) is 51.9 Å². The van der Waals surface area contributed by atoms with Gasteiger partial charge < -0.3 is 15.5 Å². The maximum absolute atomic E-state index is 14.1. The zero-order valence-electron chi connectivity index (χ0n) is 24.2. The summed E-state index contributed by atoms with van der Waals surface area (Å²) in [4.78, 5) is 33.8. The number of benzene rings is 1. The van der Waals surface area contributed by atoms with Gasteiger partial charge in [0.1, 0.15) is 23.9 Å². The van der Waals surface area contributed by atoms with E-state index in [2.05, 4.69) is 31.9 Å². The minimum atomic E-state index is -4.65. The normalized spacial score (nSPS) is 22.3. The van der Waals surface area contributed by atoms with E-state index in [1.54, 1.807) is 39.1 Å². The van der Waals surface area contributed by atoms with Crippen LogP contribution in [0.3, 0.4) is 0 Å². The molecule has 1 unspecified atom stereocenters. The maximum Gasteiger partial charge on any atom is 0.435 e. The van der Waals surface area contributed by atoms with Gasteiger partial charge in [-0.3, -0.25) is 14.6 Å². The number of piperidine rings is 1. The van der Waals surface area contributed by atoms with Crippen LogP contribution in [0.4, 0.5) is 19.0 Å². The van der Waals surface area contributed by atoms with E-state index in [0.717, 1.165) is 12.1 Å². The van der Waals surface area contributed by atoms with Crippen LogP contribution in [-0.4, -0.2) is 50.5 Å². The molecule has 1 aromatic carbocycles. The van der Waals surface area contributed by atoms with E-state index in [1.807, 2.05) is 19.9 Å². The topological polar surface area (TPSA) is 124 Å². The second-order valence-electron chi connectivity index (χ2n) is 12.8. The fourth-order valence-electron chi connectivity index (χ4n) is 6.18. The molecule has 1 saturated heterocycles. The van der Waals surface area contributed by atoms with Gasteiger partial charge in [-0.2, -0.15) is 18.4 Å². The number of rotatable bonds is 6. The average Bonchev–Trinajstić information content (AvgIpc) is 3.25. The van der Waals surface area contributed by atoms with Crippen LogP contribution in [0.25, 0.3) is 10.8 Å². The van der Waals surface area contributed by atoms with Crippen molar-refractivity contribution in [2.75, 3.05) is 11.9 Å². The molecular weight excluding hydrogens is 583 g/mol. The summed E-state index contributed by atoms with van der Waals surface area (Å²) in [6.07, 6.45) is -1.53. The second kappa shape index (κ2) is 10.6. The van der Waals surface area contributed by atoms with E-state index >= 15 is 0 Å². The second-order valence-corrected chi connectivity index (χ2v) is 13.2. The number of nitriles is 1. The summed E-state index contributed by atoms with van der Waals surface area (Å²) in [6, 6.07) is 6.43. The number of likely N-dealkylation sites (tertiary alicyclic amines) is 1. The molecule has 5 rings (SSSR count). The van der Waals surface area contributed by atoms with Crippen molar-refractivity contribution in [1.82, 2.24) is 25.4 Å². The molecule has 0 radical (unpaired) electrons. The predicted octanol–water partition coefficient (Wildman–Crippen LogP) is 5.39. The SMILES string of the molecule is CC(C)(C)[C@H](Nc1ccc(C(F)(F)F)nn1)C(=O)N1C[C@H]2[C@@H]([C@H]1C(=O)NC(C#N)c1cncc3cccc(Cl)c13)C2(C)C. The highest BCUT2D eigenvalue weighted by Gasteiger charge is 2.69. The first-order chi connectivity index (χ1) is 20.1. The number of hydrogen-bond acceptors (Lipinski definition) is 7. The molecule has 0 spiro atoms. The van der Waals surface area contributed by atoms with Gasteiger partial charge in [0, 0.05) is 40.3 Å². The number of fused-ring (bicyclic) bond motifs is 2. The first-order valence-electron chi connectivity index (χ1n) is 13.8. The molecule has 3 aromatic rings. The van der Waals surface area contributed by atoms with Crippen molar-refractivity contribution in [2.24, 2.45) is 22.7 Å². The molecule has 13 heteroatoms. The van der Waals surface area contributed by atoms with Crippen molar-refractivity contribution in [1.29, 1.82) is 5.26 Å². The highest BCUT2D eigenvalue weighted by Crippen LogP contribution is 2.65. The van der Waals surface area contributed by atoms with Crippen LogP contribution in [0, 0.1) is 34.0 Å². The van der Waals surface area contributed by atoms with E-state index in [0.29, 0.717) is 27.9 Å². The third kappa shape index (κ3) is 5.58. The molecule has 3 heterocycles. The zero-order chi connectivity index (χ0) is 31.5. The largest absolute Gasteiger partial charge is 0.435 e. The van der Waals surface area contributed by atoms with Crippen molar-refractivity contribution in [3.05, 3.63) is 59.0 Å². The van der Waals surface area contributed by atoms with E-state index in [9.17, 15) is 28.0 Å². The number of anilines is 1. The van der Waals surface area contributed by atoms with E-state index < -0.39 is 47.2 Å². The molecule has 0 bridgehead atoms. The first-order valence-corrected chi connectivity index (χ1v) is 14.1. The third-order valence-electron chi connectivity index (χ3n) is 8.61. The van der Waals surface area contributed by atoms with Gasteiger partial charge >= 0.3 is 6.18 Å². The summed E-state index contributed by atoms with van der Waals surface area (Å²) < 4.78 is 39.0. The van der Waals surface area contributed by atoms with Gasteiger partial charge in [0.05, 0.1) is 6.07 Å². The molecule has 2 fully saturated rings. The number of hydrogen-bond donors (Lipinski definition) is 2. The lowest BCUT2D eigenvalue weighted by atomic mass is 9.85. The summed E-state index contributed by atoms with van der Waals surface area (Å²) in [5, 5.41) is 24.5. The predicted molar refractivity (Wildman–Crippen MR) is 153 cm³/mol. The molecule has 1 saturated carbocycles. The Bertz CT molecular complexity index is 1610. The highest BCUT2D eigenvalue weighted by molar-refractivity contribution is 6.35. The van der Waals surface area contributed by atoms with Crippen molar-refractivity contribution >= 4 is 40.0 Å². The van der Waals surface area contributed by atoms with Crippen LogP contribution in [0.5, 0.6) is 0 Å². The fraction of sp³-hybridized carbons (Fsp3) is 0.467. The fourth-order valence-corrected chi connectivity index (χ4v) is 6.47. The molecule has 2 aliphatic rings. The van der Waals surface area contributed by atoms with Gasteiger partial charge in [-0.15, -0.1) is 10.2 Å². The standard InChI is InChI=1S/C30H31ClF3N7O2/c1-28(2,3)25(38-21-10-9-20(39-40-21)30(32,33)34)27(43)41-14-17-23(29(17,4)5)24(41)26(42)37-19(11-35)16-13-36-12-15-7-6-8-18(31)22(15)16/h6-10,12-13,17,19,23-25H,14H2,1-5H3,(H,37,42)(H,38,40)/t17-,19?,23-,24-,25+/m0/s1. The number of aromatic nitrogens is 3. The molecular formula is C30H31ClF3N7O2. The van der Waals surface area contributed by atoms with Crippen LogP contribution >= 0.6 is 11.6 Å². The number of nitrogens with zero attached hydrogens (tertiary/aromatic N) is 5. The Morgan fingerprint density at radius 3 is 2.47 bits per heavy atom. The summed E-state index contributed by atoms with van der Waals surface area (Å²) in [6.45, 7) is 9.81. The number of nitrogens with one attached hydrogen (secondary N) is 2. The minimum Gasteiger partial charge on any atom is -0.356 e. The Morgan fingerprint density at radius 2 is 1.86 bits per heavy atom. The molecule has 2 N–H and O–H groups in total. The average molecular weight is 614 g/mol. The minimum absolute atomic E-state index is 0.00292. The number of carbonyl (C=O) groups excluding carboxylic acids is 2. The van der Waals surface area contributed by atoms with Crippen LogP contribution in [-0.2, 0) is 15.8 Å². The van der Waals surface area contributed by atoms with Crippen molar-refractivity contribution in [2.45, 2.75) is 58.9 Å². The Kier molecular flexibility index (Phi) is 7.53. The molecule has 43 heavy (non-hydrogen) atoms. The van der Waals surface area contributed by atoms with Gasteiger partial charge in [-0.1, -0.05) is 58.4 Å². The monoisotopic (exact) mass is 613 g/mol. The summed E-state index contributed by atoms with van der Waals surface area (Å²) in [7, 11) is 0. The van der Waals surface area contributed by atoms with Gasteiger partial charge in [0.2, 0.25) is 11.8 Å². The molecule has 2 amide bonds. The lowest BCUT2D eigenvalue weighted by Gasteiger charge is -2.38. The Hall–Kier alpha value is -3.98. The van der Waals surface area contributed by atoms with Gasteiger partial charge in [0.25, 0.3) is 0 Å².